The van der Waals surface area contributed by atoms with E-state index < -0.39 is 47.8 Å². The van der Waals surface area contributed by atoms with Gasteiger partial charge >= 0.3 is 0 Å². The van der Waals surface area contributed by atoms with Crippen LogP contribution in [0.4, 0.5) is 5.69 Å². The van der Waals surface area contributed by atoms with Crippen molar-refractivity contribution in [3.8, 4) is 28.6 Å². The molecule has 41 heavy (non-hydrogen) atoms. The van der Waals surface area contributed by atoms with Gasteiger partial charge in [-0.1, -0.05) is 11.6 Å². The standard InChI is InChI=1S/C29H26ClNO10/c1-13-19(12-21-22(23(13)33)18(32)11-20(39-21)14-3-9-17(38-2)10-4-14)40-29-26(36)24(34)25(35)27(41-29)28(37)31-16-7-5-15(30)6-8-16/h3-12,24-27,29,33-36H,1-2H3,(H,31,37). The van der Waals surface area contributed by atoms with Crippen LogP contribution in [0.1, 0.15) is 5.56 Å². The Hall–Kier alpha value is -4.13. The smallest absolute Gasteiger partial charge is 0.256 e. The molecule has 5 rings (SSSR count). The first-order valence-electron chi connectivity index (χ1n) is 12.4. The molecule has 5 N–H and O–H groups in total. The third kappa shape index (κ3) is 5.58. The van der Waals surface area contributed by atoms with Crippen molar-refractivity contribution in [3.05, 3.63) is 81.5 Å². The van der Waals surface area contributed by atoms with Crippen LogP contribution < -0.4 is 20.2 Å². The van der Waals surface area contributed by atoms with Crippen molar-refractivity contribution in [2.75, 3.05) is 12.4 Å². The highest BCUT2D eigenvalue weighted by molar-refractivity contribution is 6.30. The maximum absolute atomic E-state index is 12.9. The third-order valence-corrected chi connectivity index (χ3v) is 7.01. The summed E-state index contributed by atoms with van der Waals surface area (Å²) in [6, 6.07) is 15.5. The highest BCUT2D eigenvalue weighted by Gasteiger charge is 2.48. The number of anilines is 1. The van der Waals surface area contributed by atoms with Crippen LogP contribution in [0.5, 0.6) is 17.2 Å². The summed E-state index contributed by atoms with van der Waals surface area (Å²) in [7, 11) is 1.53. The van der Waals surface area contributed by atoms with E-state index in [1.165, 1.54) is 38.3 Å². The van der Waals surface area contributed by atoms with Crippen molar-refractivity contribution in [2.45, 2.75) is 37.6 Å². The Morgan fingerprint density at radius 1 is 0.976 bits per heavy atom. The van der Waals surface area contributed by atoms with Crippen molar-refractivity contribution >= 4 is 34.2 Å². The zero-order valence-electron chi connectivity index (χ0n) is 21.8. The molecular formula is C29H26ClNO10. The summed E-state index contributed by atoms with van der Waals surface area (Å²) >= 11 is 5.87. The number of aromatic hydroxyl groups is 1. The molecular weight excluding hydrogens is 558 g/mol. The first kappa shape index (κ1) is 28.4. The number of nitrogens with one attached hydrogen (secondary N) is 1. The number of benzene rings is 3. The molecule has 0 bridgehead atoms. The molecule has 1 amide bonds. The molecule has 1 aromatic heterocycles. The van der Waals surface area contributed by atoms with Gasteiger partial charge in [0.2, 0.25) is 6.29 Å². The second kappa shape index (κ2) is 11.4. The minimum atomic E-state index is -1.82. The number of phenolic OH excluding ortho intramolecular Hbond substituents is 1. The lowest BCUT2D eigenvalue weighted by Gasteiger charge is -2.39. The van der Waals surface area contributed by atoms with Gasteiger partial charge in [0.05, 0.1) is 7.11 Å². The van der Waals surface area contributed by atoms with Gasteiger partial charge in [0, 0.05) is 34.0 Å². The van der Waals surface area contributed by atoms with Gasteiger partial charge < -0.3 is 44.4 Å². The number of fused-ring (bicyclic) bond motifs is 1. The van der Waals surface area contributed by atoms with E-state index in [1.807, 2.05) is 0 Å². The lowest BCUT2D eigenvalue weighted by Crippen LogP contribution is -2.62. The van der Waals surface area contributed by atoms with Crippen LogP contribution in [0.15, 0.2) is 69.9 Å². The fourth-order valence-electron chi connectivity index (χ4n) is 4.43. The molecule has 12 heteroatoms. The van der Waals surface area contributed by atoms with E-state index in [9.17, 15) is 30.0 Å². The van der Waals surface area contributed by atoms with Crippen molar-refractivity contribution < 1.29 is 43.8 Å². The van der Waals surface area contributed by atoms with Gasteiger partial charge in [-0.2, -0.15) is 0 Å². The summed E-state index contributed by atoms with van der Waals surface area (Å²) in [5.41, 5.74) is 0.511. The highest BCUT2D eigenvalue weighted by Crippen LogP contribution is 2.37. The number of methoxy groups -OCH3 is 1. The summed E-state index contributed by atoms with van der Waals surface area (Å²) in [5.74, 6) is -0.470. The highest BCUT2D eigenvalue weighted by atomic mass is 35.5. The van der Waals surface area contributed by atoms with Crippen molar-refractivity contribution in [1.82, 2.24) is 0 Å². The van der Waals surface area contributed by atoms with Crippen LogP contribution in [0.25, 0.3) is 22.3 Å². The molecule has 1 saturated heterocycles. The third-order valence-electron chi connectivity index (χ3n) is 6.76. The van der Waals surface area contributed by atoms with Crippen molar-refractivity contribution in [3.63, 3.8) is 0 Å². The number of carbonyl (C=O) groups is 1. The van der Waals surface area contributed by atoms with Gasteiger partial charge in [0.15, 0.2) is 11.5 Å². The molecule has 0 saturated carbocycles. The summed E-state index contributed by atoms with van der Waals surface area (Å²) in [6.07, 6.45) is -8.67. The molecule has 1 aliphatic heterocycles. The van der Waals surface area contributed by atoms with Crippen molar-refractivity contribution in [1.29, 1.82) is 0 Å². The summed E-state index contributed by atoms with van der Waals surface area (Å²) < 4.78 is 22.4. The predicted molar refractivity (Wildman–Crippen MR) is 148 cm³/mol. The van der Waals surface area contributed by atoms with Crippen LogP contribution in [-0.2, 0) is 9.53 Å². The van der Waals surface area contributed by atoms with Gasteiger partial charge in [-0.05, 0) is 55.5 Å². The maximum Gasteiger partial charge on any atom is 0.256 e. The number of aliphatic hydroxyl groups is 3. The van der Waals surface area contributed by atoms with E-state index in [0.717, 1.165) is 0 Å². The Morgan fingerprint density at radius 2 is 1.66 bits per heavy atom. The molecule has 0 spiro atoms. The molecule has 214 valence electrons. The lowest BCUT2D eigenvalue weighted by molar-refractivity contribution is -0.265. The zero-order chi connectivity index (χ0) is 29.4. The molecule has 5 unspecified atom stereocenters. The fraction of sp³-hybridized carbons (Fsp3) is 0.241. The summed E-state index contributed by atoms with van der Waals surface area (Å²) in [4.78, 5) is 25.8. The average molecular weight is 584 g/mol. The van der Waals surface area contributed by atoms with Crippen LogP contribution in [-0.4, -0.2) is 64.1 Å². The van der Waals surface area contributed by atoms with Crippen LogP contribution >= 0.6 is 11.6 Å². The number of phenols is 1. The first-order chi connectivity index (χ1) is 19.6. The predicted octanol–water partition coefficient (Wildman–Crippen LogP) is 2.96. The Balaban J connectivity index is 1.45. The number of hydrogen-bond donors (Lipinski definition) is 5. The second-order valence-corrected chi connectivity index (χ2v) is 9.87. The molecule has 3 aromatic carbocycles. The van der Waals surface area contributed by atoms with Crippen molar-refractivity contribution in [2.24, 2.45) is 0 Å². The van der Waals surface area contributed by atoms with E-state index in [4.69, 9.17) is 30.2 Å². The monoisotopic (exact) mass is 583 g/mol. The molecule has 4 aromatic rings. The zero-order valence-corrected chi connectivity index (χ0v) is 22.5. The van der Waals surface area contributed by atoms with Gasteiger partial charge in [-0.3, -0.25) is 9.59 Å². The van der Waals surface area contributed by atoms with Gasteiger partial charge in [-0.15, -0.1) is 0 Å². The van der Waals surface area contributed by atoms with Crippen LogP contribution in [0.2, 0.25) is 5.02 Å². The van der Waals surface area contributed by atoms with E-state index in [2.05, 4.69) is 5.32 Å². The number of hydrogen-bond acceptors (Lipinski definition) is 10. The number of amides is 1. The number of aliphatic hydroxyl groups excluding tert-OH is 3. The second-order valence-electron chi connectivity index (χ2n) is 9.44. The van der Waals surface area contributed by atoms with Crippen LogP contribution in [0, 0.1) is 6.92 Å². The van der Waals surface area contributed by atoms with E-state index in [-0.39, 0.29) is 28.0 Å². The number of rotatable bonds is 6. The van der Waals surface area contributed by atoms with Crippen LogP contribution in [0.3, 0.4) is 0 Å². The quantitative estimate of drug-likeness (QED) is 0.227. The number of halogens is 1. The SMILES string of the molecule is COc1ccc(-c2cc(=O)c3c(O)c(C)c(OC4OC(C(=O)Nc5ccc(Cl)cc5)C(O)C(O)C4O)cc3o2)cc1. The topological polar surface area (TPSA) is 168 Å². The van der Waals surface area contributed by atoms with Gasteiger partial charge in [-0.25, -0.2) is 0 Å². The molecule has 5 atom stereocenters. The van der Waals surface area contributed by atoms with Gasteiger partial charge in [0.1, 0.15) is 52.3 Å². The fourth-order valence-corrected chi connectivity index (χ4v) is 4.56. The molecule has 1 fully saturated rings. The first-order valence-corrected chi connectivity index (χ1v) is 12.8. The Kier molecular flexibility index (Phi) is 7.89. The largest absolute Gasteiger partial charge is 0.507 e. The van der Waals surface area contributed by atoms with E-state index in [0.29, 0.717) is 22.0 Å². The normalized spacial score (nSPS) is 22.3. The molecule has 0 aliphatic carbocycles. The molecule has 0 radical (unpaired) electrons. The summed E-state index contributed by atoms with van der Waals surface area (Å²) in [6.45, 7) is 1.46. The van der Waals surface area contributed by atoms with E-state index >= 15 is 0 Å². The minimum absolute atomic E-state index is 0.0238. The lowest BCUT2D eigenvalue weighted by atomic mass is 9.98. The minimum Gasteiger partial charge on any atom is -0.507 e. The molecule has 2 heterocycles. The Labute approximate surface area is 238 Å². The number of ether oxygens (including phenoxy) is 3. The van der Waals surface area contributed by atoms with Gasteiger partial charge in [0.25, 0.3) is 5.91 Å². The Morgan fingerprint density at radius 3 is 2.32 bits per heavy atom. The maximum atomic E-state index is 12.9. The van der Waals surface area contributed by atoms with E-state index in [1.54, 1.807) is 36.4 Å². The average Bonchev–Trinajstić information content (AvgIpc) is 2.96. The molecule has 11 nitrogen and oxygen atoms in total. The summed E-state index contributed by atoms with van der Waals surface area (Å²) in [5, 5.41) is 45.3. The molecule has 1 aliphatic rings. The number of carbonyl (C=O) groups excluding carboxylic acids is 1. The Bertz CT molecular complexity index is 1640.